The number of rotatable bonds is 10. The largest absolute Gasteiger partial charge is 0.465 e. The molecule has 0 radical (unpaired) electrons. The summed E-state index contributed by atoms with van der Waals surface area (Å²) in [5.74, 6) is -1.03. The monoisotopic (exact) mass is 274 g/mol. The Bertz CT molecular complexity index is 241. The number of ether oxygens (including phenoxy) is 2. The Balaban J connectivity index is 3.50. The van der Waals surface area contributed by atoms with Gasteiger partial charge < -0.3 is 19.3 Å². The summed E-state index contributed by atoms with van der Waals surface area (Å²) in [5, 5.41) is 0. The zero-order valence-corrected chi connectivity index (χ0v) is 12.5. The van der Waals surface area contributed by atoms with Gasteiger partial charge in [0.25, 0.3) is 0 Å². The molecule has 6 nitrogen and oxygen atoms in total. The van der Waals surface area contributed by atoms with E-state index in [1.165, 1.54) is 0 Å². The van der Waals surface area contributed by atoms with Crippen LogP contribution in [-0.4, -0.2) is 76.2 Å². The molecule has 0 bridgehead atoms. The van der Waals surface area contributed by atoms with Crippen LogP contribution in [0, 0.1) is 0 Å². The Kier molecular flexibility index (Phi) is 10.1. The van der Waals surface area contributed by atoms with E-state index in [4.69, 9.17) is 9.47 Å². The maximum absolute atomic E-state index is 11.3. The molecular weight excluding hydrogens is 248 g/mol. The van der Waals surface area contributed by atoms with Gasteiger partial charge in [0, 0.05) is 13.1 Å². The highest BCUT2D eigenvalue weighted by atomic mass is 16.6. The first-order valence-electron chi connectivity index (χ1n) is 6.52. The molecule has 0 saturated carbocycles. The predicted molar refractivity (Wildman–Crippen MR) is 72.9 cm³/mol. The van der Waals surface area contributed by atoms with E-state index >= 15 is 0 Å². The first-order valence-corrected chi connectivity index (χ1v) is 6.52. The molecule has 0 spiro atoms. The van der Waals surface area contributed by atoms with E-state index in [-0.39, 0.29) is 6.42 Å². The Morgan fingerprint density at radius 3 is 1.47 bits per heavy atom. The Morgan fingerprint density at radius 1 is 0.789 bits per heavy atom. The van der Waals surface area contributed by atoms with Gasteiger partial charge in [-0.15, -0.1) is 0 Å². The van der Waals surface area contributed by atoms with Crippen LogP contribution >= 0.6 is 0 Å². The molecule has 0 aromatic heterocycles. The topological polar surface area (TPSA) is 59.1 Å². The smallest absolute Gasteiger partial charge is 0.317 e. The van der Waals surface area contributed by atoms with Crippen molar-refractivity contribution in [2.24, 2.45) is 0 Å². The van der Waals surface area contributed by atoms with E-state index in [9.17, 15) is 9.59 Å². The molecule has 0 atom stereocenters. The van der Waals surface area contributed by atoms with Crippen molar-refractivity contribution in [2.75, 3.05) is 54.5 Å². The summed E-state index contributed by atoms with van der Waals surface area (Å²) in [4.78, 5) is 26.6. The number of hydrogen-bond donors (Lipinski definition) is 0. The van der Waals surface area contributed by atoms with Crippen molar-refractivity contribution in [1.29, 1.82) is 0 Å². The molecule has 0 aliphatic carbocycles. The van der Waals surface area contributed by atoms with Gasteiger partial charge >= 0.3 is 11.9 Å². The Morgan fingerprint density at radius 2 is 1.16 bits per heavy atom. The molecule has 0 heterocycles. The zero-order valence-electron chi connectivity index (χ0n) is 12.5. The molecule has 6 heteroatoms. The number of carbonyl (C=O) groups is 2. The molecule has 19 heavy (non-hydrogen) atoms. The van der Waals surface area contributed by atoms with Crippen molar-refractivity contribution in [3.05, 3.63) is 0 Å². The molecule has 0 aromatic rings. The summed E-state index contributed by atoms with van der Waals surface area (Å²) in [6, 6.07) is 0. The summed E-state index contributed by atoms with van der Waals surface area (Å²) in [7, 11) is 7.81. The van der Waals surface area contributed by atoms with Gasteiger partial charge in [-0.2, -0.15) is 0 Å². The van der Waals surface area contributed by atoms with Crippen molar-refractivity contribution in [1.82, 2.24) is 9.80 Å². The minimum atomic E-state index is -0.517. The maximum atomic E-state index is 11.3. The Hall–Kier alpha value is -1.14. The van der Waals surface area contributed by atoms with Crippen LogP contribution < -0.4 is 0 Å². The fraction of sp³-hybridized carbons (Fsp3) is 0.846. The standard InChI is InChI=1S/C13H26N2O4/c1-14(2)7-5-9-18-12(16)11-13(17)19-10-6-8-15(3)4/h5-11H2,1-4H3. The van der Waals surface area contributed by atoms with E-state index in [2.05, 4.69) is 0 Å². The lowest BCUT2D eigenvalue weighted by atomic mass is 10.4. The predicted octanol–water partition coefficient (Wildman–Crippen LogP) is 0.366. The second-order valence-corrected chi connectivity index (χ2v) is 4.93. The molecule has 0 unspecified atom stereocenters. The summed E-state index contributed by atoms with van der Waals surface area (Å²) in [6.07, 6.45) is 1.22. The van der Waals surface area contributed by atoms with E-state index in [1.807, 2.05) is 38.0 Å². The van der Waals surface area contributed by atoms with Crippen LogP contribution in [0.1, 0.15) is 19.3 Å². The lowest BCUT2D eigenvalue weighted by Crippen LogP contribution is -2.19. The van der Waals surface area contributed by atoms with Crippen LogP contribution in [-0.2, 0) is 19.1 Å². The summed E-state index contributed by atoms with van der Waals surface area (Å²) in [5.41, 5.74) is 0. The summed E-state index contributed by atoms with van der Waals surface area (Å²) >= 11 is 0. The molecule has 0 aliphatic rings. The number of esters is 2. The minimum Gasteiger partial charge on any atom is -0.465 e. The normalized spacial score (nSPS) is 10.8. The van der Waals surface area contributed by atoms with Gasteiger partial charge in [0.05, 0.1) is 13.2 Å². The Labute approximate surface area is 115 Å². The molecule has 0 aromatic carbocycles. The molecule has 0 amide bonds. The molecule has 0 N–H and O–H groups in total. The van der Waals surface area contributed by atoms with E-state index in [0.717, 1.165) is 25.9 Å². The SMILES string of the molecule is CN(C)CCCOC(=O)CC(=O)OCCCN(C)C. The van der Waals surface area contributed by atoms with Crippen molar-refractivity contribution in [2.45, 2.75) is 19.3 Å². The van der Waals surface area contributed by atoms with Gasteiger partial charge in [0.2, 0.25) is 0 Å². The van der Waals surface area contributed by atoms with Crippen molar-refractivity contribution >= 4 is 11.9 Å². The molecule has 0 fully saturated rings. The highest BCUT2D eigenvalue weighted by Gasteiger charge is 2.11. The fourth-order valence-corrected chi connectivity index (χ4v) is 1.35. The van der Waals surface area contributed by atoms with Crippen LogP contribution in [0.2, 0.25) is 0 Å². The first-order chi connectivity index (χ1) is 8.91. The maximum Gasteiger partial charge on any atom is 0.317 e. The highest BCUT2D eigenvalue weighted by molar-refractivity contribution is 5.91. The van der Waals surface area contributed by atoms with Crippen LogP contribution in [0.3, 0.4) is 0 Å². The quantitative estimate of drug-likeness (QED) is 0.326. The molecular formula is C13H26N2O4. The van der Waals surface area contributed by atoms with Gasteiger partial charge in [-0.3, -0.25) is 9.59 Å². The third-order valence-electron chi connectivity index (χ3n) is 2.31. The number of hydrogen-bond acceptors (Lipinski definition) is 6. The molecule has 0 aliphatic heterocycles. The third kappa shape index (κ3) is 13.1. The second kappa shape index (κ2) is 10.8. The van der Waals surface area contributed by atoms with Crippen molar-refractivity contribution < 1.29 is 19.1 Å². The van der Waals surface area contributed by atoms with Crippen LogP contribution in [0.4, 0.5) is 0 Å². The number of nitrogens with zero attached hydrogens (tertiary/aromatic N) is 2. The van der Waals surface area contributed by atoms with Gasteiger partial charge in [-0.05, 0) is 41.0 Å². The summed E-state index contributed by atoms with van der Waals surface area (Å²) < 4.78 is 9.87. The van der Waals surface area contributed by atoms with Gasteiger partial charge in [-0.1, -0.05) is 0 Å². The van der Waals surface area contributed by atoms with Crippen molar-refractivity contribution in [3.8, 4) is 0 Å². The number of carbonyl (C=O) groups excluding carboxylic acids is 2. The van der Waals surface area contributed by atoms with E-state index in [1.54, 1.807) is 0 Å². The van der Waals surface area contributed by atoms with E-state index in [0.29, 0.717) is 13.2 Å². The third-order valence-corrected chi connectivity index (χ3v) is 2.31. The zero-order chi connectivity index (χ0) is 14.7. The average Bonchev–Trinajstić information content (AvgIpc) is 2.30. The lowest BCUT2D eigenvalue weighted by molar-refractivity contribution is -0.154. The van der Waals surface area contributed by atoms with Gasteiger partial charge in [-0.25, -0.2) is 0 Å². The van der Waals surface area contributed by atoms with Crippen LogP contribution in [0.15, 0.2) is 0 Å². The minimum absolute atomic E-state index is 0.302. The van der Waals surface area contributed by atoms with Gasteiger partial charge in [0.1, 0.15) is 6.42 Å². The van der Waals surface area contributed by atoms with E-state index < -0.39 is 11.9 Å². The molecule has 0 saturated heterocycles. The van der Waals surface area contributed by atoms with Crippen LogP contribution in [0.25, 0.3) is 0 Å². The fourth-order valence-electron chi connectivity index (χ4n) is 1.35. The van der Waals surface area contributed by atoms with Crippen LogP contribution in [0.5, 0.6) is 0 Å². The highest BCUT2D eigenvalue weighted by Crippen LogP contribution is 1.95. The van der Waals surface area contributed by atoms with Gasteiger partial charge in [0.15, 0.2) is 0 Å². The molecule has 112 valence electrons. The van der Waals surface area contributed by atoms with Crippen molar-refractivity contribution in [3.63, 3.8) is 0 Å². The second-order valence-electron chi connectivity index (χ2n) is 4.93. The lowest BCUT2D eigenvalue weighted by Gasteiger charge is -2.10. The first kappa shape index (κ1) is 17.9. The molecule has 0 rings (SSSR count). The summed E-state index contributed by atoms with van der Waals surface area (Å²) in [6.45, 7) is 2.38. The average molecular weight is 274 g/mol.